The average molecular weight is 522 g/mol. The third-order valence-electron chi connectivity index (χ3n) is 7.35. The molecule has 2 fully saturated rings. The number of imide groups is 1. The van der Waals surface area contributed by atoms with Crippen LogP contribution in [-0.2, 0) is 22.7 Å². The van der Waals surface area contributed by atoms with E-state index in [9.17, 15) is 19.2 Å². The molecule has 10 heteroatoms. The van der Waals surface area contributed by atoms with Gasteiger partial charge in [0.15, 0.2) is 0 Å². The van der Waals surface area contributed by atoms with E-state index in [-0.39, 0.29) is 48.7 Å². The van der Waals surface area contributed by atoms with E-state index in [4.69, 9.17) is 0 Å². The fraction of sp³-hybridized carbons (Fsp3) is 0.429. The van der Waals surface area contributed by atoms with Crippen molar-refractivity contribution in [3.05, 3.63) is 64.5 Å². The van der Waals surface area contributed by atoms with Crippen molar-refractivity contribution in [2.24, 2.45) is 0 Å². The summed E-state index contributed by atoms with van der Waals surface area (Å²) in [6.07, 6.45) is 0.452. The van der Waals surface area contributed by atoms with Crippen molar-refractivity contribution in [3.63, 3.8) is 0 Å². The molecule has 3 aliphatic rings. The maximum atomic E-state index is 15.1. The Morgan fingerprint density at radius 3 is 2.45 bits per heavy atom. The number of hydrogen-bond donors (Lipinski definition) is 2. The molecular weight excluding hydrogens is 489 g/mol. The van der Waals surface area contributed by atoms with Gasteiger partial charge in [0.1, 0.15) is 11.9 Å². The van der Waals surface area contributed by atoms with Crippen LogP contribution in [0.15, 0.2) is 36.4 Å². The highest BCUT2D eigenvalue weighted by Crippen LogP contribution is 2.33. The van der Waals surface area contributed by atoms with Gasteiger partial charge in [-0.1, -0.05) is 12.1 Å². The van der Waals surface area contributed by atoms with Crippen molar-refractivity contribution >= 4 is 29.3 Å². The molecule has 9 nitrogen and oxygen atoms in total. The lowest BCUT2D eigenvalue weighted by molar-refractivity contribution is -0.136. The van der Waals surface area contributed by atoms with Gasteiger partial charge in [-0.2, -0.15) is 0 Å². The van der Waals surface area contributed by atoms with E-state index in [1.165, 1.54) is 11.0 Å². The highest BCUT2D eigenvalue weighted by atomic mass is 19.1. The quantitative estimate of drug-likeness (QED) is 0.565. The van der Waals surface area contributed by atoms with E-state index >= 15 is 4.39 Å². The predicted molar refractivity (Wildman–Crippen MR) is 139 cm³/mol. The van der Waals surface area contributed by atoms with E-state index in [1.807, 2.05) is 43.0 Å². The Morgan fingerprint density at radius 2 is 1.79 bits per heavy atom. The zero-order chi connectivity index (χ0) is 27.0. The van der Waals surface area contributed by atoms with Crippen molar-refractivity contribution in [2.75, 3.05) is 31.1 Å². The molecule has 3 heterocycles. The number of anilines is 1. The number of carbonyl (C=O) groups is 4. The first-order chi connectivity index (χ1) is 18.2. The van der Waals surface area contributed by atoms with Crippen LogP contribution in [0.5, 0.6) is 0 Å². The number of nitrogens with one attached hydrogen (secondary N) is 2. The Morgan fingerprint density at radius 1 is 1.08 bits per heavy atom. The van der Waals surface area contributed by atoms with Crippen LogP contribution in [0.3, 0.4) is 0 Å². The molecule has 0 radical (unpaired) electrons. The van der Waals surface area contributed by atoms with Crippen LogP contribution >= 0.6 is 0 Å². The number of benzene rings is 2. The first kappa shape index (κ1) is 25.8. The third kappa shape index (κ3) is 5.26. The van der Waals surface area contributed by atoms with Gasteiger partial charge in [-0.25, -0.2) is 4.39 Å². The molecule has 38 heavy (non-hydrogen) atoms. The summed E-state index contributed by atoms with van der Waals surface area (Å²) in [5, 5.41) is 5.18. The zero-order valence-corrected chi connectivity index (χ0v) is 21.6. The summed E-state index contributed by atoms with van der Waals surface area (Å²) in [5.74, 6) is -1.73. The fourth-order valence-electron chi connectivity index (χ4n) is 5.33. The molecule has 5 rings (SSSR count). The van der Waals surface area contributed by atoms with E-state index in [0.717, 1.165) is 25.2 Å². The number of rotatable bonds is 6. The Labute approximate surface area is 221 Å². The number of halogens is 1. The predicted octanol–water partition coefficient (Wildman–Crippen LogP) is 2.05. The van der Waals surface area contributed by atoms with Gasteiger partial charge in [-0.05, 0) is 55.7 Å². The molecule has 2 N–H and O–H groups in total. The van der Waals surface area contributed by atoms with Gasteiger partial charge in [-0.3, -0.25) is 29.4 Å². The molecule has 0 aliphatic carbocycles. The number of nitrogens with zero attached hydrogens (tertiary/aromatic N) is 3. The summed E-state index contributed by atoms with van der Waals surface area (Å²) >= 11 is 0. The molecule has 2 saturated heterocycles. The van der Waals surface area contributed by atoms with E-state index in [2.05, 4.69) is 15.5 Å². The second-order valence-electron chi connectivity index (χ2n) is 10.4. The fourth-order valence-corrected chi connectivity index (χ4v) is 5.33. The van der Waals surface area contributed by atoms with Gasteiger partial charge in [0.25, 0.3) is 11.8 Å². The summed E-state index contributed by atoms with van der Waals surface area (Å²) < 4.78 is 15.1. The zero-order valence-electron chi connectivity index (χ0n) is 21.6. The molecule has 1 unspecified atom stereocenters. The van der Waals surface area contributed by atoms with Crippen LogP contribution in [0.2, 0.25) is 0 Å². The molecule has 0 aromatic heterocycles. The van der Waals surface area contributed by atoms with Gasteiger partial charge in [0, 0.05) is 62.9 Å². The number of fused-ring (bicyclic) bond motifs is 1. The monoisotopic (exact) mass is 521 g/mol. The third-order valence-corrected chi connectivity index (χ3v) is 7.35. The van der Waals surface area contributed by atoms with Crippen molar-refractivity contribution in [3.8, 4) is 0 Å². The minimum atomic E-state index is -0.721. The summed E-state index contributed by atoms with van der Waals surface area (Å²) in [6, 6.07) is 9.97. The summed E-state index contributed by atoms with van der Waals surface area (Å²) in [4.78, 5) is 54.6. The van der Waals surface area contributed by atoms with Gasteiger partial charge in [-0.15, -0.1) is 0 Å². The smallest absolute Gasteiger partial charge is 0.255 e. The van der Waals surface area contributed by atoms with Crippen molar-refractivity contribution in [1.29, 1.82) is 0 Å². The molecule has 1 atom stereocenters. The molecular formula is C28H32FN5O4. The van der Waals surface area contributed by atoms with Crippen LogP contribution in [0, 0.1) is 5.82 Å². The first-order valence-corrected chi connectivity index (χ1v) is 13.0. The Hall–Kier alpha value is -3.79. The molecule has 2 aromatic carbocycles. The van der Waals surface area contributed by atoms with E-state index in [0.29, 0.717) is 29.9 Å². The standard InChI is InChI=1S/C28H32FN5O4/c1-17(2)30-26(36)19-5-3-18(4-6-19)15-32-9-11-33(12-10-32)24-13-20-16-34(28(38)21(20)14-22(24)29)23-7-8-25(35)31-27(23)37/h3-6,13-14,17,23H,7-12,15-16H2,1-2H3,(H,30,36)(H,31,35,37). The van der Waals surface area contributed by atoms with Crippen molar-refractivity contribution in [2.45, 2.75) is 51.9 Å². The maximum Gasteiger partial charge on any atom is 0.255 e. The van der Waals surface area contributed by atoms with Gasteiger partial charge in [0.05, 0.1) is 5.69 Å². The summed E-state index contributed by atoms with van der Waals surface area (Å²) in [7, 11) is 0. The van der Waals surface area contributed by atoms with E-state index in [1.54, 1.807) is 6.07 Å². The molecule has 0 spiro atoms. The minimum Gasteiger partial charge on any atom is -0.367 e. The van der Waals surface area contributed by atoms with Crippen molar-refractivity contribution in [1.82, 2.24) is 20.4 Å². The lowest BCUT2D eigenvalue weighted by Gasteiger charge is -2.36. The van der Waals surface area contributed by atoms with Gasteiger partial charge < -0.3 is 15.1 Å². The second-order valence-corrected chi connectivity index (χ2v) is 10.4. The summed E-state index contributed by atoms with van der Waals surface area (Å²) in [5.41, 5.74) is 3.17. The maximum absolute atomic E-state index is 15.1. The molecule has 0 saturated carbocycles. The number of piperidine rings is 1. The number of carbonyl (C=O) groups excluding carboxylic acids is 4. The topological polar surface area (TPSA) is 102 Å². The number of hydrogen-bond acceptors (Lipinski definition) is 6. The average Bonchev–Trinajstić information content (AvgIpc) is 3.19. The normalized spacial score (nSPS) is 20.1. The van der Waals surface area contributed by atoms with Crippen LogP contribution in [0.4, 0.5) is 10.1 Å². The van der Waals surface area contributed by atoms with Crippen molar-refractivity contribution < 1.29 is 23.6 Å². The highest BCUT2D eigenvalue weighted by Gasteiger charge is 2.40. The molecule has 0 bridgehead atoms. The Balaban J connectivity index is 1.20. The highest BCUT2D eigenvalue weighted by molar-refractivity contribution is 6.05. The van der Waals surface area contributed by atoms with Gasteiger partial charge >= 0.3 is 0 Å². The van der Waals surface area contributed by atoms with Crippen LogP contribution < -0.4 is 15.5 Å². The summed E-state index contributed by atoms with van der Waals surface area (Å²) in [6.45, 7) is 7.57. The van der Waals surface area contributed by atoms with Crippen LogP contribution in [0.25, 0.3) is 0 Å². The lowest BCUT2D eigenvalue weighted by atomic mass is 10.0. The Bertz CT molecular complexity index is 1270. The minimum absolute atomic E-state index is 0.0822. The number of piperazine rings is 1. The lowest BCUT2D eigenvalue weighted by Crippen LogP contribution is -2.52. The second kappa shape index (κ2) is 10.5. The number of amides is 4. The largest absolute Gasteiger partial charge is 0.367 e. The van der Waals surface area contributed by atoms with E-state index < -0.39 is 17.8 Å². The molecule has 2 aromatic rings. The Kier molecular flexibility index (Phi) is 7.16. The van der Waals surface area contributed by atoms with Crippen LogP contribution in [-0.4, -0.2) is 71.7 Å². The first-order valence-electron chi connectivity index (χ1n) is 13.0. The molecule has 4 amide bonds. The van der Waals surface area contributed by atoms with Gasteiger partial charge in [0.2, 0.25) is 11.8 Å². The van der Waals surface area contributed by atoms with Crippen LogP contribution in [0.1, 0.15) is 58.5 Å². The SMILES string of the molecule is CC(C)NC(=O)c1ccc(CN2CCN(c3cc4c(cc3F)C(=O)N(C3CCC(=O)NC3=O)C4)CC2)cc1. The molecule has 3 aliphatic heterocycles. The molecule has 200 valence electrons.